The van der Waals surface area contributed by atoms with Crippen molar-refractivity contribution in [2.24, 2.45) is 0 Å². The third-order valence-electron chi connectivity index (χ3n) is 4.37. The van der Waals surface area contributed by atoms with Crippen LogP contribution < -0.4 is 5.32 Å². The van der Waals surface area contributed by atoms with Gasteiger partial charge in [0.05, 0.1) is 16.6 Å². The smallest absolute Gasteiger partial charge is 0.325 e. The average Bonchev–Trinajstić information content (AvgIpc) is 3.07. The number of aromatic nitrogens is 3. The van der Waals surface area contributed by atoms with E-state index < -0.39 is 11.7 Å². The predicted molar refractivity (Wildman–Crippen MR) is 103 cm³/mol. The molecule has 1 N–H and O–H groups in total. The van der Waals surface area contributed by atoms with Crippen molar-refractivity contribution >= 4 is 22.6 Å². The lowest BCUT2D eigenvalue weighted by molar-refractivity contribution is -0.137. The second-order valence-electron chi connectivity index (χ2n) is 6.38. The number of hydrogen-bond acceptors (Lipinski definition) is 3. The Morgan fingerprint density at radius 1 is 1.00 bits per heavy atom. The van der Waals surface area contributed by atoms with E-state index in [-0.39, 0.29) is 18.1 Å². The maximum Gasteiger partial charge on any atom is 0.416 e. The number of anilines is 1. The Balaban J connectivity index is 1.61. The molecule has 5 nitrogen and oxygen atoms in total. The molecule has 0 atom stereocenters. The van der Waals surface area contributed by atoms with E-state index in [4.69, 9.17) is 0 Å². The molecule has 2 aromatic carbocycles. The molecule has 0 radical (unpaired) electrons. The lowest BCUT2D eigenvalue weighted by Crippen LogP contribution is -2.19. The van der Waals surface area contributed by atoms with Gasteiger partial charge in [0.25, 0.3) is 0 Å². The standard InChI is InChI=1S/C21H15F3N4O/c22-21(23,24)15-7-9-16(10-8-15)26-19(29)13-28-18-6-2-1-5-17(18)27-20(28)14-4-3-11-25-12-14/h1-12H,13H2,(H,26,29). The number of rotatable bonds is 4. The van der Waals surface area contributed by atoms with E-state index in [1.54, 1.807) is 23.0 Å². The van der Waals surface area contributed by atoms with Crippen molar-refractivity contribution in [3.63, 3.8) is 0 Å². The lowest BCUT2D eigenvalue weighted by Gasteiger charge is -2.11. The highest BCUT2D eigenvalue weighted by Gasteiger charge is 2.30. The van der Waals surface area contributed by atoms with Gasteiger partial charge < -0.3 is 9.88 Å². The fraction of sp³-hybridized carbons (Fsp3) is 0.0952. The Kier molecular flexibility index (Phi) is 4.75. The van der Waals surface area contributed by atoms with Crippen LogP contribution in [0.4, 0.5) is 18.9 Å². The third-order valence-corrected chi connectivity index (χ3v) is 4.37. The van der Waals surface area contributed by atoms with Crippen LogP contribution >= 0.6 is 0 Å². The number of benzene rings is 2. The summed E-state index contributed by atoms with van der Waals surface area (Å²) in [6, 6.07) is 15.4. The molecule has 0 unspecified atom stereocenters. The van der Waals surface area contributed by atoms with Gasteiger partial charge in [-0.25, -0.2) is 4.98 Å². The van der Waals surface area contributed by atoms with Gasteiger partial charge in [-0.2, -0.15) is 13.2 Å². The fourth-order valence-corrected chi connectivity index (χ4v) is 3.04. The van der Waals surface area contributed by atoms with Crippen molar-refractivity contribution < 1.29 is 18.0 Å². The lowest BCUT2D eigenvalue weighted by atomic mass is 10.2. The van der Waals surface area contributed by atoms with E-state index in [9.17, 15) is 18.0 Å². The second kappa shape index (κ2) is 7.38. The van der Waals surface area contributed by atoms with Crippen molar-refractivity contribution in [2.45, 2.75) is 12.7 Å². The van der Waals surface area contributed by atoms with Gasteiger partial charge in [-0.1, -0.05) is 12.1 Å². The molecule has 0 bridgehead atoms. The maximum absolute atomic E-state index is 12.7. The summed E-state index contributed by atoms with van der Waals surface area (Å²) in [7, 11) is 0. The topological polar surface area (TPSA) is 59.8 Å². The Labute approximate surface area is 163 Å². The van der Waals surface area contributed by atoms with Crippen LogP contribution in [-0.4, -0.2) is 20.4 Å². The van der Waals surface area contributed by atoms with Gasteiger partial charge in [-0.3, -0.25) is 9.78 Å². The van der Waals surface area contributed by atoms with Crippen molar-refractivity contribution in [1.29, 1.82) is 0 Å². The first kappa shape index (κ1) is 18.7. The molecule has 0 saturated carbocycles. The summed E-state index contributed by atoms with van der Waals surface area (Å²) in [5, 5.41) is 2.63. The molecule has 146 valence electrons. The highest BCUT2D eigenvalue weighted by atomic mass is 19.4. The maximum atomic E-state index is 12.7. The Bertz CT molecular complexity index is 1150. The van der Waals surface area contributed by atoms with Crippen molar-refractivity contribution in [3.05, 3.63) is 78.6 Å². The summed E-state index contributed by atoms with van der Waals surface area (Å²) in [4.78, 5) is 21.3. The Morgan fingerprint density at radius 3 is 2.45 bits per heavy atom. The number of hydrogen-bond donors (Lipinski definition) is 1. The molecule has 0 fully saturated rings. The summed E-state index contributed by atoms with van der Waals surface area (Å²) >= 11 is 0. The first-order valence-electron chi connectivity index (χ1n) is 8.74. The number of halogens is 3. The monoisotopic (exact) mass is 396 g/mol. The minimum absolute atomic E-state index is 0.0498. The summed E-state index contributed by atoms with van der Waals surface area (Å²) in [5.41, 5.74) is 1.78. The highest BCUT2D eigenvalue weighted by molar-refractivity contribution is 5.92. The molecule has 0 aliphatic heterocycles. The molecular formula is C21H15F3N4O. The van der Waals surface area contributed by atoms with E-state index >= 15 is 0 Å². The first-order chi connectivity index (χ1) is 13.9. The first-order valence-corrected chi connectivity index (χ1v) is 8.74. The largest absolute Gasteiger partial charge is 0.416 e. The van der Waals surface area contributed by atoms with Crippen molar-refractivity contribution in [1.82, 2.24) is 14.5 Å². The molecule has 0 spiro atoms. The van der Waals surface area contributed by atoms with Gasteiger partial charge in [0.15, 0.2) is 0 Å². The molecule has 4 aromatic rings. The average molecular weight is 396 g/mol. The number of imidazole rings is 1. The van der Waals surface area contributed by atoms with Crippen LogP contribution in [0.2, 0.25) is 0 Å². The zero-order chi connectivity index (χ0) is 20.4. The quantitative estimate of drug-likeness (QED) is 0.541. The molecule has 2 heterocycles. The summed E-state index contributed by atoms with van der Waals surface area (Å²) in [6.45, 7) is -0.0498. The number of alkyl halides is 3. The van der Waals surface area contributed by atoms with Gasteiger partial charge >= 0.3 is 6.18 Å². The van der Waals surface area contributed by atoms with Gasteiger partial charge in [-0.05, 0) is 48.5 Å². The number of amides is 1. The highest BCUT2D eigenvalue weighted by Crippen LogP contribution is 2.30. The van der Waals surface area contributed by atoms with Crippen LogP contribution in [0.25, 0.3) is 22.4 Å². The zero-order valence-corrected chi connectivity index (χ0v) is 15.0. The number of pyridine rings is 1. The third kappa shape index (κ3) is 3.96. The van der Waals surface area contributed by atoms with E-state index in [1.165, 1.54) is 12.1 Å². The van der Waals surface area contributed by atoms with Crippen molar-refractivity contribution in [2.75, 3.05) is 5.32 Å². The number of fused-ring (bicyclic) bond motifs is 1. The van der Waals surface area contributed by atoms with Crippen molar-refractivity contribution in [3.8, 4) is 11.4 Å². The summed E-state index contributed by atoms with van der Waals surface area (Å²) in [6.07, 6.45) is -1.11. The zero-order valence-electron chi connectivity index (χ0n) is 15.0. The molecule has 2 aromatic heterocycles. The minimum Gasteiger partial charge on any atom is -0.325 e. The van der Waals surface area contributed by atoms with Gasteiger partial charge in [0, 0.05) is 23.6 Å². The van der Waals surface area contributed by atoms with E-state index in [0.29, 0.717) is 5.82 Å². The predicted octanol–water partition coefficient (Wildman–Crippen LogP) is 4.76. The van der Waals surface area contributed by atoms with Gasteiger partial charge in [0.2, 0.25) is 5.91 Å². The van der Waals surface area contributed by atoms with E-state index in [0.717, 1.165) is 28.7 Å². The number of carbonyl (C=O) groups is 1. The van der Waals surface area contributed by atoms with Crippen LogP contribution in [0, 0.1) is 0 Å². The molecule has 0 aliphatic rings. The van der Waals surface area contributed by atoms with Gasteiger partial charge in [-0.15, -0.1) is 0 Å². The van der Waals surface area contributed by atoms with Crippen LogP contribution in [0.5, 0.6) is 0 Å². The number of carbonyl (C=O) groups excluding carboxylic acids is 1. The molecule has 0 saturated heterocycles. The molecule has 4 rings (SSSR count). The SMILES string of the molecule is O=C(Cn1c(-c2cccnc2)nc2ccccc21)Nc1ccc(C(F)(F)F)cc1. The van der Waals surface area contributed by atoms with Crippen LogP contribution in [0.1, 0.15) is 5.56 Å². The fourth-order valence-electron chi connectivity index (χ4n) is 3.04. The molecular weight excluding hydrogens is 381 g/mol. The van der Waals surface area contributed by atoms with E-state index in [1.807, 2.05) is 30.3 Å². The van der Waals surface area contributed by atoms with Crippen LogP contribution in [0.15, 0.2) is 73.1 Å². The molecule has 1 amide bonds. The Hall–Kier alpha value is -3.68. The van der Waals surface area contributed by atoms with Gasteiger partial charge in [0.1, 0.15) is 12.4 Å². The number of nitrogens with zero attached hydrogens (tertiary/aromatic N) is 3. The summed E-state index contributed by atoms with van der Waals surface area (Å²) in [5.74, 6) is 0.208. The normalized spacial score (nSPS) is 11.6. The molecule has 0 aliphatic carbocycles. The number of para-hydroxylation sites is 2. The molecule has 8 heteroatoms. The molecule has 29 heavy (non-hydrogen) atoms. The summed E-state index contributed by atoms with van der Waals surface area (Å²) < 4.78 is 39.8. The minimum atomic E-state index is -4.42. The number of nitrogens with one attached hydrogen (secondary N) is 1. The van der Waals surface area contributed by atoms with E-state index in [2.05, 4.69) is 15.3 Å². The Morgan fingerprint density at radius 2 is 1.76 bits per heavy atom. The van der Waals surface area contributed by atoms with Crippen LogP contribution in [-0.2, 0) is 17.5 Å². The second-order valence-corrected chi connectivity index (χ2v) is 6.38. The van der Waals surface area contributed by atoms with Crippen LogP contribution in [0.3, 0.4) is 0 Å².